The zero-order valence-electron chi connectivity index (χ0n) is 12.9. The van der Waals surface area contributed by atoms with Gasteiger partial charge >= 0.3 is 0 Å². The molecule has 3 aliphatic rings. The van der Waals surface area contributed by atoms with Crippen molar-refractivity contribution in [2.24, 2.45) is 5.92 Å². The first kappa shape index (κ1) is 14.3. The number of aromatic nitrogens is 3. The van der Waals surface area contributed by atoms with Crippen LogP contribution in [0.1, 0.15) is 35.8 Å². The second-order valence-electron chi connectivity index (χ2n) is 6.13. The van der Waals surface area contributed by atoms with E-state index in [2.05, 4.69) is 43.3 Å². The summed E-state index contributed by atoms with van der Waals surface area (Å²) in [6, 6.07) is 8.15. The Morgan fingerprint density at radius 2 is 2.00 bits per heavy atom. The molecule has 0 spiro atoms. The SMILES string of the molecule is C(#Cc1ccc(C2NCN3CCC2CC3)nn1)c1cccnc1. The predicted octanol–water partition coefficient (Wildman–Crippen LogP) is 1.59. The van der Waals surface area contributed by atoms with E-state index in [1.54, 1.807) is 12.4 Å². The lowest BCUT2D eigenvalue weighted by atomic mass is 9.89. The van der Waals surface area contributed by atoms with Crippen LogP contribution in [0, 0.1) is 17.8 Å². The van der Waals surface area contributed by atoms with Gasteiger partial charge in [0.25, 0.3) is 0 Å². The summed E-state index contributed by atoms with van der Waals surface area (Å²) in [5, 5.41) is 12.3. The van der Waals surface area contributed by atoms with E-state index >= 15 is 0 Å². The molecule has 2 bridgehead atoms. The molecule has 0 saturated carbocycles. The van der Waals surface area contributed by atoms with Crippen LogP contribution in [0.15, 0.2) is 36.7 Å². The number of fused-ring (bicyclic) bond motifs is 4. The number of hydrogen-bond donors (Lipinski definition) is 1. The molecule has 116 valence electrons. The van der Waals surface area contributed by atoms with E-state index in [0.717, 1.165) is 17.9 Å². The van der Waals surface area contributed by atoms with Crippen LogP contribution in [0.3, 0.4) is 0 Å². The fourth-order valence-corrected chi connectivity index (χ4v) is 3.33. The molecule has 1 N–H and O–H groups in total. The van der Waals surface area contributed by atoms with Crippen molar-refractivity contribution in [2.75, 3.05) is 19.8 Å². The second kappa shape index (κ2) is 6.45. The van der Waals surface area contributed by atoms with Crippen molar-refractivity contribution in [1.29, 1.82) is 0 Å². The van der Waals surface area contributed by atoms with Gasteiger partial charge in [-0.15, -0.1) is 5.10 Å². The molecule has 2 aromatic heterocycles. The molecule has 0 aromatic carbocycles. The zero-order valence-corrected chi connectivity index (χ0v) is 12.9. The average molecular weight is 305 g/mol. The van der Waals surface area contributed by atoms with Gasteiger partial charge in [0.15, 0.2) is 0 Å². The topological polar surface area (TPSA) is 53.9 Å². The van der Waals surface area contributed by atoms with E-state index in [9.17, 15) is 0 Å². The van der Waals surface area contributed by atoms with Crippen LogP contribution >= 0.6 is 0 Å². The molecular formula is C18H19N5. The van der Waals surface area contributed by atoms with Crippen molar-refractivity contribution in [3.8, 4) is 11.8 Å². The lowest BCUT2D eigenvalue weighted by Gasteiger charge is -2.27. The smallest absolute Gasteiger partial charge is 0.136 e. The van der Waals surface area contributed by atoms with Crippen molar-refractivity contribution in [1.82, 2.24) is 25.4 Å². The maximum atomic E-state index is 4.42. The monoisotopic (exact) mass is 305 g/mol. The summed E-state index contributed by atoms with van der Waals surface area (Å²) in [4.78, 5) is 6.52. The third-order valence-electron chi connectivity index (χ3n) is 4.64. The molecule has 5 heteroatoms. The van der Waals surface area contributed by atoms with Crippen LogP contribution < -0.4 is 5.32 Å². The van der Waals surface area contributed by atoms with Crippen LogP contribution in [0.25, 0.3) is 0 Å². The van der Waals surface area contributed by atoms with Crippen LogP contribution in [-0.4, -0.2) is 39.8 Å². The third-order valence-corrected chi connectivity index (χ3v) is 4.64. The quantitative estimate of drug-likeness (QED) is 0.811. The molecule has 5 rings (SSSR count). The van der Waals surface area contributed by atoms with Gasteiger partial charge in [0, 0.05) is 24.6 Å². The molecule has 0 amide bonds. The number of pyridine rings is 1. The van der Waals surface area contributed by atoms with Crippen molar-refractivity contribution in [3.63, 3.8) is 0 Å². The summed E-state index contributed by atoms with van der Waals surface area (Å²) in [6.45, 7) is 3.33. The van der Waals surface area contributed by atoms with Crippen molar-refractivity contribution >= 4 is 0 Å². The van der Waals surface area contributed by atoms with Gasteiger partial charge in [-0.2, -0.15) is 5.10 Å². The summed E-state index contributed by atoms with van der Waals surface area (Å²) in [7, 11) is 0. The first-order valence-electron chi connectivity index (χ1n) is 8.10. The molecule has 1 atom stereocenters. The average Bonchev–Trinajstić information content (AvgIpc) is 2.95. The molecule has 3 aliphatic heterocycles. The van der Waals surface area contributed by atoms with Crippen molar-refractivity contribution in [3.05, 3.63) is 53.6 Å². The first-order chi connectivity index (χ1) is 11.4. The fourth-order valence-electron chi connectivity index (χ4n) is 3.33. The summed E-state index contributed by atoms with van der Waals surface area (Å²) in [6.07, 6.45) is 5.96. The molecular weight excluding hydrogens is 286 g/mol. The highest BCUT2D eigenvalue weighted by Crippen LogP contribution is 2.32. The Hall–Kier alpha value is -2.29. The van der Waals surface area contributed by atoms with E-state index in [1.807, 2.05) is 18.2 Å². The lowest BCUT2D eigenvalue weighted by molar-refractivity contribution is 0.219. The highest BCUT2D eigenvalue weighted by Gasteiger charge is 2.32. The molecule has 1 unspecified atom stereocenters. The third kappa shape index (κ3) is 3.24. The minimum absolute atomic E-state index is 0.315. The van der Waals surface area contributed by atoms with Gasteiger partial charge in [-0.3, -0.25) is 15.2 Å². The van der Waals surface area contributed by atoms with E-state index in [-0.39, 0.29) is 0 Å². The van der Waals surface area contributed by atoms with E-state index < -0.39 is 0 Å². The maximum Gasteiger partial charge on any atom is 0.136 e. The van der Waals surface area contributed by atoms with Gasteiger partial charge in [-0.1, -0.05) is 5.92 Å². The molecule has 23 heavy (non-hydrogen) atoms. The van der Waals surface area contributed by atoms with Gasteiger partial charge in [0.2, 0.25) is 0 Å². The molecule has 0 radical (unpaired) electrons. The molecule has 5 heterocycles. The Bertz CT molecular complexity index is 709. The van der Waals surface area contributed by atoms with Crippen LogP contribution in [-0.2, 0) is 0 Å². The summed E-state index contributed by atoms with van der Waals surface area (Å²) in [5.41, 5.74) is 2.61. The van der Waals surface area contributed by atoms with Gasteiger partial charge in [0.05, 0.1) is 11.7 Å². The molecule has 2 aromatic rings. The Morgan fingerprint density at radius 3 is 2.74 bits per heavy atom. The summed E-state index contributed by atoms with van der Waals surface area (Å²) in [5.74, 6) is 6.77. The Labute approximate surface area is 136 Å². The van der Waals surface area contributed by atoms with E-state index in [1.165, 1.54) is 25.9 Å². The first-order valence-corrected chi connectivity index (χ1v) is 8.10. The van der Waals surface area contributed by atoms with Crippen LogP contribution in [0.5, 0.6) is 0 Å². The minimum Gasteiger partial charge on any atom is -0.296 e. The molecule has 5 nitrogen and oxygen atoms in total. The lowest BCUT2D eigenvalue weighted by Crippen LogP contribution is -2.33. The summed E-state index contributed by atoms with van der Waals surface area (Å²) < 4.78 is 0. The van der Waals surface area contributed by atoms with Gasteiger partial charge < -0.3 is 0 Å². The molecule has 3 fully saturated rings. The van der Waals surface area contributed by atoms with E-state index in [4.69, 9.17) is 0 Å². The number of nitrogens with zero attached hydrogens (tertiary/aromatic N) is 4. The second-order valence-corrected chi connectivity index (χ2v) is 6.13. The van der Waals surface area contributed by atoms with Crippen molar-refractivity contribution < 1.29 is 0 Å². The van der Waals surface area contributed by atoms with Gasteiger partial charge in [0.1, 0.15) is 5.69 Å². The zero-order chi connectivity index (χ0) is 15.5. The van der Waals surface area contributed by atoms with Crippen LogP contribution in [0.4, 0.5) is 0 Å². The number of nitrogens with one attached hydrogen (secondary N) is 1. The Balaban J connectivity index is 1.51. The van der Waals surface area contributed by atoms with Gasteiger partial charge in [-0.05, 0) is 62.0 Å². The Kier molecular flexibility index (Phi) is 4.01. The summed E-state index contributed by atoms with van der Waals surface area (Å²) >= 11 is 0. The number of hydrogen-bond acceptors (Lipinski definition) is 5. The van der Waals surface area contributed by atoms with Crippen LogP contribution in [0.2, 0.25) is 0 Å². The standard InChI is InChI=1S/C18H19N5/c1-2-14(12-19-9-1)3-4-16-5-6-17(22-21-16)18-15-7-10-23(11-8-15)13-20-18/h1-2,5-6,9,12,15,18,20H,7-8,10-11,13H2. The van der Waals surface area contributed by atoms with Crippen molar-refractivity contribution in [2.45, 2.75) is 18.9 Å². The Morgan fingerprint density at radius 1 is 1.09 bits per heavy atom. The highest BCUT2D eigenvalue weighted by atomic mass is 15.3. The van der Waals surface area contributed by atoms with Gasteiger partial charge in [-0.25, -0.2) is 0 Å². The molecule has 0 aliphatic carbocycles. The maximum absolute atomic E-state index is 4.42. The molecule has 3 saturated heterocycles. The number of rotatable bonds is 1. The number of piperidine rings is 1. The minimum atomic E-state index is 0.315. The highest BCUT2D eigenvalue weighted by molar-refractivity contribution is 5.38. The largest absolute Gasteiger partial charge is 0.296 e. The predicted molar refractivity (Wildman–Crippen MR) is 87.3 cm³/mol. The van der Waals surface area contributed by atoms with E-state index in [0.29, 0.717) is 17.7 Å². The fraction of sp³-hybridized carbons (Fsp3) is 0.389. The normalized spacial score (nSPS) is 26.2.